The summed E-state index contributed by atoms with van der Waals surface area (Å²) in [7, 11) is 0. The van der Waals surface area contributed by atoms with E-state index in [9.17, 15) is 4.79 Å². The molecule has 1 aliphatic heterocycles. The van der Waals surface area contributed by atoms with Crippen molar-refractivity contribution in [1.29, 1.82) is 0 Å². The molecule has 13 heavy (non-hydrogen) atoms. The molecule has 1 saturated carbocycles. The summed E-state index contributed by atoms with van der Waals surface area (Å²) in [6.45, 7) is 0. The van der Waals surface area contributed by atoms with Gasteiger partial charge in [-0.1, -0.05) is 19.3 Å². The normalized spacial score (nSPS) is 39.5. The van der Waals surface area contributed by atoms with Crippen LogP contribution in [0.1, 0.15) is 38.5 Å². The quantitative estimate of drug-likeness (QED) is 0.645. The number of carboxylic acid groups (broad SMARTS) is 1. The molecule has 0 aromatic rings. The standard InChI is InChI=1S/C10H17NO2/c12-10(13)9-6-7-4-2-1-3-5-8(7)11-9/h7-9,11H,1-6H2,(H,12,13)/t7?,8-,9?/m0/s1. The molecule has 2 unspecified atom stereocenters. The van der Waals surface area contributed by atoms with Gasteiger partial charge in [0.05, 0.1) is 0 Å². The minimum absolute atomic E-state index is 0.270. The van der Waals surface area contributed by atoms with Crippen molar-refractivity contribution in [2.24, 2.45) is 5.92 Å². The molecule has 2 aliphatic rings. The molecule has 0 bridgehead atoms. The number of nitrogens with one attached hydrogen (secondary N) is 1. The van der Waals surface area contributed by atoms with Crippen LogP contribution in [-0.4, -0.2) is 23.2 Å². The third kappa shape index (κ3) is 1.85. The zero-order valence-corrected chi connectivity index (χ0v) is 7.83. The van der Waals surface area contributed by atoms with E-state index in [1.807, 2.05) is 0 Å². The van der Waals surface area contributed by atoms with Crippen LogP contribution in [-0.2, 0) is 4.79 Å². The number of carboxylic acids is 1. The summed E-state index contributed by atoms with van der Waals surface area (Å²) in [6, 6.07) is 0.219. The molecule has 0 amide bonds. The third-order valence-corrected chi connectivity index (χ3v) is 3.41. The van der Waals surface area contributed by atoms with Gasteiger partial charge in [-0.3, -0.25) is 4.79 Å². The fraction of sp³-hybridized carbons (Fsp3) is 0.900. The molecule has 1 heterocycles. The molecular weight excluding hydrogens is 166 g/mol. The van der Waals surface area contributed by atoms with E-state index in [0.29, 0.717) is 12.0 Å². The molecule has 0 spiro atoms. The van der Waals surface area contributed by atoms with Crippen LogP contribution in [0.2, 0.25) is 0 Å². The Morgan fingerprint density at radius 3 is 2.77 bits per heavy atom. The summed E-state index contributed by atoms with van der Waals surface area (Å²) in [5.41, 5.74) is 0. The van der Waals surface area contributed by atoms with Crippen LogP contribution in [0.5, 0.6) is 0 Å². The lowest BCUT2D eigenvalue weighted by atomic mass is 9.94. The van der Waals surface area contributed by atoms with Crippen molar-refractivity contribution >= 4 is 5.97 Å². The van der Waals surface area contributed by atoms with Gasteiger partial charge in [0.25, 0.3) is 0 Å². The Balaban J connectivity index is 1.97. The van der Waals surface area contributed by atoms with Crippen molar-refractivity contribution in [2.75, 3.05) is 0 Å². The van der Waals surface area contributed by atoms with E-state index >= 15 is 0 Å². The lowest BCUT2D eigenvalue weighted by Crippen LogP contribution is -2.35. The summed E-state index contributed by atoms with van der Waals surface area (Å²) in [4.78, 5) is 10.8. The summed E-state index contributed by atoms with van der Waals surface area (Å²) < 4.78 is 0. The number of hydrogen-bond donors (Lipinski definition) is 2. The predicted octanol–water partition coefficient (Wildman–Crippen LogP) is 1.38. The molecule has 2 fully saturated rings. The minimum Gasteiger partial charge on any atom is -0.480 e. The first-order chi connectivity index (χ1) is 6.27. The van der Waals surface area contributed by atoms with Crippen LogP contribution in [0, 0.1) is 5.92 Å². The third-order valence-electron chi connectivity index (χ3n) is 3.41. The Morgan fingerprint density at radius 2 is 2.00 bits per heavy atom. The molecular formula is C10H17NO2. The predicted molar refractivity (Wildman–Crippen MR) is 49.5 cm³/mol. The number of hydrogen-bond acceptors (Lipinski definition) is 2. The Morgan fingerprint density at radius 1 is 1.23 bits per heavy atom. The van der Waals surface area contributed by atoms with Crippen LogP contribution < -0.4 is 5.32 Å². The Kier molecular flexibility index (Phi) is 2.54. The number of rotatable bonds is 1. The highest BCUT2D eigenvalue weighted by atomic mass is 16.4. The largest absolute Gasteiger partial charge is 0.480 e. The lowest BCUT2D eigenvalue weighted by molar-refractivity contribution is -0.139. The van der Waals surface area contributed by atoms with E-state index in [2.05, 4.69) is 5.32 Å². The molecule has 1 saturated heterocycles. The highest BCUT2D eigenvalue weighted by Gasteiger charge is 2.37. The van der Waals surface area contributed by atoms with E-state index < -0.39 is 5.97 Å². The second-order valence-electron chi connectivity index (χ2n) is 4.30. The van der Waals surface area contributed by atoms with Gasteiger partial charge < -0.3 is 10.4 Å². The first-order valence-electron chi connectivity index (χ1n) is 5.26. The maximum atomic E-state index is 10.8. The topological polar surface area (TPSA) is 49.3 Å². The maximum absolute atomic E-state index is 10.8. The Labute approximate surface area is 78.5 Å². The monoisotopic (exact) mass is 183 g/mol. The highest BCUT2D eigenvalue weighted by Crippen LogP contribution is 2.32. The van der Waals surface area contributed by atoms with E-state index in [4.69, 9.17) is 5.11 Å². The van der Waals surface area contributed by atoms with Gasteiger partial charge in [0.15, 0.2) is 0 Å². The van der Waals surface area contributed by atoms with Crippen molar-refractivity contribution in [3.05, 3.63) is 0 Å². The van der Waals surface area contributed by atoms with Crippen LogP contribution in [0.25, 0.3) is 0 Å². The zero-order valence-electron chi connectivity index (χ0n) is 7.83. The number of fused-ring (bicyclic) bond motifs is 1. The summed E-state index contributed by atoms with van der Waals surface area (Å²) >= 11 is 0. The van der Waals surface area contributed by atoms with Gasteiger partial charge in [0.2, 0.25) is 0 Å². The average molecular weight is 183 g/mol. The van der Waals surface area contributed by atoms with Crippen LogP contribution in [0.3, 0.4) is 0 Å². The van der Waals surface area contributed by atoms with Gasteiger partial charge in [-0.05, 0) is 25.2 Å². The van der Waals surface area contributed by atoms with Crippen LogP contribution in [0.15, 0.2) is 0 Å². The maximum Gasteiger partial charge on any atom is 0.320 e. The molecule has 0 radical (unpaired) electrons. The fourth-order valence-corrected chi connectivity index (χ4v) is 2.69. The first-order valence-corrected chi connectivity index (χ1v) is 5.26. The number of carbonyl (C=O) groups is 1. The van der Waals surface area contributed by atoms with Crippen molar-refractivity contribution in [1.82, 2.24) is 5.32 Å². The van der Waals surface area contributed by atoms with Crippen molar-refractivity contribution in [3.8, 4) is 0 Å². The summed E-state index contributed by atoms with van der Waals surface area (Å²) in [5.74, 6) is -0.0447. The molecule has 1 aliphatic carbocycles. The Bertz CT molecular complexity index is 191. The fourth-order valence-electron chi connectivity index (χ4n) is 2.69. The summed E-state index contributed by atoms with van der Waals surface area (Å²) in [6.07, 6.45) is 7.12. The van der Waals surface area contributed by atoms with E-state index in [0.717, 1.165) is 6.42 Å². The molecule has 3 atom stereocenters. The van der Waals surface area contributed by atoms with Gasteiger partial charge in [0.1, 0.15) is 6.04 Å². The van der Waals surface area contributed by atoms with Crippen molar-refractivity contribution in [2.45, 2.75) is 50.6 Å². The van der Waals surface area contributed by atoms with E-state index in [1.165, 1.54) is 32.1 Å². The lowest BCUT2D eigenvalue weighted by Gasteiger charge is -2.14. The molecule has 0 aromatic heterocycles. The van der Waals surface area contributed by atoms with Crippen LogP contribution >= 0.6 is 0 Å². The van der Waals surface area contributed by atoms with Gasteiger partial charge >= 0.3 is 5.97 Å². The van der Waals surface area contributed by atoms with E-state index in [1.54, 1.807) is 0 Å². The van der Waals surface area contributed by atoms with E-state index in [-0.39, 0.29) is 6.04 Å². The first kappa shape index (κ1) is 9.00. The SMILES string of the molecule is O=C(O)C1CC2CCCCC[C@@H]2N1. The molecule has 0 aromatic carbocycles. The molecule has 74 valence electrons. The van der Waals surface area contributed by atoms with Gasteiger partial charge in [0, 0.05) is 6.04 Å². The molecule has 2 rings (SSSR count). The second-order valence-corrected chi connectivity index (χ2v) is 4.30. The minimum atomic E-state index is -0.673. The van der Waals surface area contributed by atoms with Crippen molar-refractivity contribution < 1.29 is 9.90 Å². The van der Waals surface area contributed by atoms with Gasteiger partial charge in [-0.2, -0.15) is 0 Å². The molecule has 3 heteroatoms. The Hall–Kier alpha value is -0.570. The highest BCUT2D eigenvalue weighted by molar-refractivity contribution is 5.74. The molecule has 2 N–H and O–H groups in total. The number of aliphatic carboxylic acids is 1. The van der Waals surface area contributed by atoms with Crippen molar-refractivity contribution in [3.63, 3.8) is 0 Å². The molecule has 3 nitrogen and oxygen atoms in total. The van der Waals surface area contributed by atoms with Gasteiger partial charge in [-0.25, -0.2) is 0 Å². The summed E-state index contributed by atoms with van der Waals surface area (Å²) in [5, 5.41) is 12.1. The average Bonchev–Trinajstić information content (AvgIpc) is 2.38. The van der Waals surface area contributed by atoms with Gasteiger partial charge in [-0.15, -0.1) is 0 Å². The zero-order chi connectivity index (χ0) is 9.26. The second kappa shape index (κ2) is 3.66. The van der Waals surface area contributed by atoms with Crippen LogP contribution in [0.4, 0.5) is 0 Å². The smallest absolute Gasteiger partial charge is 0.320 e.